The van der Waals surface area contributed by atoms with Gasteiger partial charge in [-0.1, -0.05) is 27.7 Å². The first-order chi connectivity index (χ1) is 7.29. The van der Waals surface area contributed by atoms with Crippen LogP contribution in [-0.2, 0) is 9.84 Å². The molecule has 1 saturated heterocycles. The van der Waals surface area contributed by atoms with Gasteiger partial charge in [0, 0.05) is 12.6 Å². The average molecular weight is 247 g/mol. The zero-order valence-corrected chi connectivity index (χ0v) is 11.7. The molecule has 3 nitrogen and oxygen atoms in total. The Bertz CT molecular complexity index is 324. The van der Waals surface area contributed by atoms with Gasteiger partial charge in [0.2, 0.25) is 0 Å². The van der Waals surface area contributed by atoms with E-state index in [1.807, 2.05) is 0 Å². The van der Waals surface area contributed by atoms with Gasteiger partial charge in [-0.3, -0.25) is 0 Å². The molecule has 0 spiro atoms. The summed E-state index contributed by atoms with van der Waals surface area (Å²) in [6.07, 6.45) is 1.87. The van der Waals surface area contributed by atoms with Crippen LogP contribution >= 0.6 is 0 Å². The van der Waals surface area contributed by atoms with Crippen LogP contribution in [0.2, 0.25) is 0 Å². The highest BCUT2D eigenvalue weighted by Crippen LogP contribution is 2.38. The summed E-state index contributed by atoms with van der Waals surface area (Å²) in [7, 11) is -2.76. The molecule has 0 aromatic carbocycles. The van der Waals surface area contributed by atoms with E-state index in [0.29, 0.717) is 23.5 Å². The molecule has 2 unspecified atom stereocenters. The molecule has 1 fully saturated rings. The first-order valence-electron chi connectivity index (χ1n) is 6.23. The number of hydrogen-bond donors (Lipinski definition) is 1. The number of nitrogens with one attached hydrogen (secondary N) is 1. The lowest BCUT2D eigenvalue weighted by Gasteiger charge is -2.35. The largest absolute Gasteiger partial charge is 0.314 e. The van der Waals surface area contributed by atoms with Crippen molar-refractivity contribution in [2.24, 2.45) is 11.3 Å². The molecule has 2 atom stereocenters. The van der Waals surface area contributed by atoms with E-state index in [9.17, 15) is 8.42 Å². The van der Waals surface area contributed by atoms with Crippen molar-refractivity contribution in [3.63, 3.8) is 0 Å². The highest BCUT2D eigenvalue weighted by atomic mass is 32.2. The molecule has 96 valence electrons. The van der Waals surface area contributed by atoms with Gasteiger partial charge in [-0.05, 0) is 24.2 Å². The Morgan fingerprint density at radius 3 is 2.44 bits per heavy atom. The molecule has 0 aromatic rings. The molecule has 1 N–H and O–H groups in total. The first-order valence-corrected chi connectivity index (χ1v) is 8.05. The van der Waals surface area contributed by atoms with Crippen LogP contribution in [0.1, 0.15) is 40.5 Å². The zero-order chi connectivity index (χ0) is 12.4. The van der Waals surface area contributed by atoms with E-state index in [0.717, 1.165) is 19.4 Å². The Morgan fingerprint density at radius 1 is 1.44 bits per heavy atom. The maximum atomic E-state index is 11.5. The van der Waals surface area contributed by atoms with Crippen molar-refractivity contribution in [1.29, 1.82) is 0 Å². The van der Waals surface area contributed by atoms with Crippen LogP contribution in [0.3, 0.4) is 0 Å². The van der Waals surface area contributed by atoms with Gasteiger partial charge in [0.1, 0.15) is 0 Å². The zero-order valence-electron chi connectivity index (χ0n) is 10.9. The van der Waals surface area contributed by atoms with E-state index in [1.165, 1.54) is 0 Å². The Kier molecular flexibility index (Phi) is 4.41. The van der Waals surface area contributed by atoms with Crippen molar-refractivity contribution in [1.82, 2.24) is 5.32 Å². The van der Waals surface area contributed by atoms with E-state index < -0.39 is 9.84 Å². The van der Waals surface area contributed by atoms with Crippen molar-refractivity contribution in [3.8, 4) is 0 Å². The number of rotatable bonds is 5. The molecule has 1 aliphatic rings. The molecular formula is C12H25NO2S. The summed E-state index contributed by atoms with van der Waals surface area (Å²) in [4.78, 5) is 0. The minimum Gasteiger partial charge on any atom is -0.314 e. The molecule has 4 heteroatoms. The van der Waals surface area contributed by atoms with Gasteiger partial charge < -0.3 is 5.32 Å². The molecule has 0 aliphatic carbocycles. The fourth-order valence-electron chi connectivity index (χ4n) is 2.34. The molecule has 1 aliphatic heterocycles. The second kappa shape index (κ2) is 5.05. The summed E-state index contributed by atoms with van der Waals surface area (Å²) in [5.41, 5.74) is 0.119. The van der Waals surface area contributed by atoms with Crippen molar-refractivity contribution >= 4 is 9.84 Å². The summed E-state index contributed by atoms with van der Waals surface area (Å²) in [6.45, 7) is 9.55. The first kappa shape index (κ1) is 14.0. The van der Waals surface area contributed by atoms with Gasteiger partial charge in [0.25, 0.3) is 0 Å². The smallest absolute Gasteiger partial charge is 0.150 e. The summed E-state index contributed by atoms with van der Waals surface area (Å²) >= 11 is 0. The summed E-state index contributed by atoms with van der Waals surface area (Å²) in [6, 6.07) is 0.462. The number of sulfone groups is 1. The summed E-state index contributed by atoms with van der Waals surface area (Å²) in [5.74, 6) is 1.10. The standard InChI is InChI=1S/C12H25NO2S/c1-5-12(4,9-13-10(2)3)11-6-7-16(14,15)8-11/h10-11,13H,5-9H2,1-4H3. The highest BCUT2D eigenvalue weighted by molar-refractivity contribution is 7.91. The predicted octanol–water partition coefficient (Wildman–Crippen LogP) is 1.84. The lowest BCUT2D eigenvalue weighted by atomic mass is 9.74. The molecule has 0 bridgehead atoms. The van der Waals surface area contributed by atoms with Crippen LogP contribution < -0.4 is 5.32 Å². The maximum absolute atomic E-state index is 11.5. The van der Waals surface area contributed by atoms with E-state index in [4.69, 9.17) is 0 Å². The van der Waals surface area contributed by atoms with Gasteiger partial charge in [-0.25, -0.2) is 8.42 Å². The van der Waals surface area contributed by atoms with Gasteiger partial charge in [0.05, 0.1) is 11.5 Å². The van der Waals surface area contributed by atoms with E-state index in [1.54, 1.807) is 0 Å². The molecule has 1 heterocycles. The number of hydrogen-bond acceptors (Lipinski definition) is 3. The van der Waals surface area contributed by atoms with Crippen LogP contribution in [0.25, 0.3) is 0 Å². The normalized spacial score (nSPS) is 28.2. The van der Waals surface area contributed by atoms with Gasteiger partial charge >= 0.3 is 0 Å². The van der Waals surface area contributed by atoms with Gasteiger partial charge in [-0.15, -0.1) is 0 Å². The van der Waals surface area contributed by atoms with Gasteiger partial charge in [-0.2, -0.15) is 0 Å². The second-order valence-corrected chi connectivity index (χ2v) is 7.87. The Labute approximate surface area is 99.9 Å². The SMILES string of the molecule is CCC(C)(CNC(C)C)C1CCS(=O)(=O)C1. The topological polar surface area (TPSA) is 46.2 Å². The Hall–Kier alpha value is -0.0900. The van der Waals surface area contributed by atoms with E-state index >= 15 is 0 Å². The summed E-state index contributed by atoms with van der Waals surface area (Å²) < 4.78 is 23.0. The lowest BCUT2D eigenvalue weighted by Crippen LogP contribution is -2.40. The van der Waals surface area contributed by atoms with E-state index in [-0.39, 0.29) is 5.41 Å². The molecule has 0 saturated carbocycles. The summed E-state index contributed by atoms with van der Waals surface area (Å²) in [5, 5.41) is 3.45. The quantitative estimate of drug-likeness (QED) is 0.806. The van der Waals surface area contributed by atoms with Crippen LogP contribution in [0, 0.1) is 11.3 Å². The minimum absolute atomic E-state index is 0.119. The van der Waals surface area contributed by atoms with Crippen molar-refractivity contribution in [2.75, 3.05) is 18.1 Å². The highest BCUT2D eigenvalue weighted by Gasteiger charge is 2.40. The average Bonchev–Trinajstić information content (AvgIpc) is 2.56. The molecular weight excluding hydrogens is 222 g/mol. The van der Waals surface area contributed by atoms with Crippen LogP contribution in [0.4, 0.5) is 0 Å². The third-order valence-corrected chi connectivity index (χ3v) is 5.71. The third-order valence-electron chi connectivity index (χ3n) is 3.94. The Morgan fingerprint density at radius 2 is 2.06 bits per heavy atom. The van der Waals surface area contributed by atoms with Crippen molar-refractivity contribution in [2.45, 2.75) is 46.6 Å². The van der Waals surface area contributed by atoms with Crippen molar-refractivity contribution in [3.05, 3.63) is 0 Å². The maximum Gasteiger partial charge on any atom is 0.150 e. The molecule has 0 amide bonds. The van der Waals surface area contributed by atoms with Gasteiger partial charge in [0.15, 0.2) is 9.84 Å². The third kappa shape index (κ3) is 3.45. The monoisotopic (exact) mass is 247 g/mol. The lowest BCUT2D eigenvalue weighted by molar-refractivity contribution is 0.185. The molecule has 0 radical (unpaired) electrons. The molecule has 0 aromatic heterocycles. The van der Waals surface area contributed by atoms with Crippen LogP contribution in [-0.4, -0.2) is 32.5 Å². The van der Waals surface area contributed by atoms with E-state index in [2.05, 4.69) is 33.0 Å². The van der Waals surface area contributed by atoms with Crippen molar-refractivity contribution < 1.29 is 8.42 Å². The second-order valence-electron chi connectivity index (χ2n) is 5.64. The van der Waals surface area contributed by atoms with Crippen LogP contribution in [0.5, 0.6) is 0 Å². The fourth-order valence-corrected chi connectivity index (χ4v) is 4.33. The molecule has 16 heavy (non-hydrogen) atoms. The fraction of sp³-hybridized carbons (Fsp3) is 1.00. The predicted molar refractivity (Wildman–Crippen MR) is 68.3 cm³/mol. The van der Waals surface area contributed by atoms with Crippen LogP contribution in [0.15, 0.2) is 0 Å². The minimum atomic E-state index is -2.76. The molecule has 1 rings (SSSR count). The Balaban J connectivity index is 2.66.